The molecule has 0 spiro atoms. The summed E-state index contributed by atoms with van der Waals surface area (Å²) in [5.41, 5.74) is 4.85. The number of fused-ring (bicyclic) bond motifs is 2. The number of benzene rings is 4. The van der Waals surface area contributed by atoms with Crippen LogP contribution in [0.4, 0.5) is 0 Å². The Morgan fingerprint density at radius 1 is 0.604 bits per heavy atom. The number of ether oxygens (including phenoxy) is 2. The van der Waals surface area contributed by atoms with E-state index in [4.69, 9.17) is 39.1 Å². The van der Waals surface area contributed by atoms with Crippen molar-refractivity contribution in [1.82, 2.24) is 0 Å². The van der Waals surface area contributed by atoms with Crippen LogP contribution in [0.15, 0.2) is 131 Å². The van der Waals surface area contributed by atoms with Crippen LogP contribution in [0.5, 0.6) is 11.5 Å². The standard InChI is InChI=1S/2C18H19N2O4S.2ClH.Zn/c2*19-25(22,23)15-7-5-13(6-8-15)9-10-20-11-14-12-24-17-4-2-1-3-16(17)18(14)21;;;/h2*1-8,12,18,21H,9-11H2,(H2,19,22,23);2*1H;/q2*-1;;;+2/p-2. The summed E-state index contributed by atoms with van der Waals surface area (Å²) in [6, 6.07) is 27.6. The first-order chi connectivity index (χ1) is 25.3. The number of aliphatic hydroxyl groups is 2. The molecule has 0 radical (unpaired) electrons. The molecular formula is C36H38Cl2N4O8S2Zn-2. The van der Waals surface area contributed by atoms with Crippen LogP contribution in [0, 0.1) is 0 Å². The van der Waals surface area contributed by atoms with Crippen molar-refractivity contribution in [1.29, 1.82) is 0 Å². The van der Waals surface area contributed by atoms with Gasteiger partial charge in [-0.1, -0.05) is 60.7 Å². The zero-order valence-corrected chi connectivity index (χ0v) is 34.6. The second-order valence-electron chi connectivity index (χ2n) is 11.7. The number of sulfonamides is 2. The molecule has 0 aromatic heterocycles. The number of nitrogens with zero attached hydrogens (tertiary/aromatic N) is 2. The zero-order chi connectivity index (χ0) is 38.4. The summed E-state index contributed by atoms with van der Waals surface area (Å²) in [6.45, 7) is 1.87. The number of rotatable bonds is 12. The third-order valence-corrected chi connectivity index (χ3v) is 9.87. The fourth-order valence-corrected chi connectivity index (χ4v) is 6.24. The molecule has 2 aliphatic heterocycles. The predicted octanol–water partition coefficient (Wildman–Crippen LogP) is 5.90. The molecule has 12 nitrogen and oxygen atoms in total. The van der Waals surface area contributed by atoms with Crippen LogP contribution >= 0.6 is 19.4 Å². The van der Waals surface area contributed by atoms with Crippen LogP contribution in [0.1, 0.15) is 34.5 Å². The summed E-state index contributed by atoms with van der Waals surface area (Å²) in [5, 5.41) is 39.7. The fourth-order valence-electron chi connectivity index (χ4n) is 5.21. The molecule has 2 aliphatic rings. The van der Waals surface area contributed by atoms with Gasteiger partial charge in [0, 0.05) is 11.1 Å². The average Bonchev–Trinajstić information content (AvgIpc) is 3.14. The minimum absolute atomic E-state index is 0.0967. The van der Waals surface area contributed by atoms with Crippen LogP contribution in [0.3, 0.4) is 0 Å². The summed E-state index contributed by atoms with van der Waals surface area (Å²) < 4.78 is 55.9. The van der Waals surface area contributed by atoms with Gasteiger partial charge in [0.15, 0.2) is 0 Å². The molecule has 2 atom stereocenters. The van der Waals surface area contributed by atoms with E-state index in [-0.39, 0.29) is 9.79 Å². The van der Waals surface area contributed by atoms with Gasteiger partial charge in [-0.25, -0.2) is 27.1 Å². The van der Waals surface area contributed by atoms with Crippen molar-refractivity contribution in [3.63, 3.8) is 0 Å². The van der Waals surface area contributed by atoms with Gasteiger partial charge in [0.05, 0.1) is 22.3 Å². The van der Waals surface area contributed by atoms with Gasteiger partial charge in [0.2, 0.25) is 20.0 Å². The van der Waals surface area contributed by atoms with Gasteiger partial charge in [-0.15, -0.1) is 26.2 Å². The first kappa shape index (κ1) is 42.6. The third-order valence-electron chi connectivity index (χ3n) is 8.01. The number of nitrogens with two attached hydrogens (primary N) is 2. The minimum atomic E-state index is -3.66. The van der Waals surface area contributed by atoms with Crippen LogP contribution in [-0.2, 0) is 48.0 Å². The second-order valence-corrected chi connectivity index (χ2v) is 19.4. The molecule has 0 saturated carbocycles. The number of halogens is 2. The second kappa shape index (κ2) is 20.5. The maximum atomic E-state index is 11.2. The van der Waals surface area contributed by atoms with E-state index in [1.165, 1.54) is 24.3 Å². The first-order valence-corrected chi connectivity index (χ1v) is 27.1. The molecule has 0 fully saturated rings. The van der Waals surface area contributed by atoms with E-state index >= 15 is 0 Å². The Balaban J connectivity index is 0.000000220. The average molecular weight is 855 g/mol. The van der Waals surface area contributed by atoms with Crippen molar-refractivity contribution < 1.29 is 51.7 Å². The molecule has 2 heterocycles. The number of hydrogen-bond acceptors (Lipinski definition) is 8. The monoisotopic (exact) mass is 852 g/mol. The molecule has 0 aliphatic carbocycles. The molecule has 6 N–H and O–H groups in total. The molecule has 2 unspecified atom stereocenters. The number of para-hydroxylation sites is 2. The normalized spacial score (nSPS) is 16.0. The van der Waals surface area contributed by atoms with Gasteiger partial charge in [-0.05, 0) is 71.5 Å². The molecule has 280 valence electrons. The van der Waals surface area contributed by atoms with Gasteiger partial charge in [0.25, 0.3) is 0 Å². The summed E-state index contributed by atoms with van der Waals surface area (Å²) in [6.07, 6.45) is 3.04. The Labute approximate surface area is 325 Å². The van der Waals surface area contributed by atoms with E-state index in [0.717, 1.165) is 22.3 Å². The fraction of sp³-hybridized carbons (Fsp3) is 0.222. The van der Waals surface area contributed by atoms with E-state index < -0.39 is 47.4 Å². The van der Waals surface area contributed by atoms with E-state index in [1.807, 2.05) is 48.5 Å². The van der Waals surface area contributed by atoms with Gasteiger partial charge in [-0.2, -0.15) is 0 Å². The maximum absolute atomic E-state index is 11.2. The Bertz CT molecular complexity index is 1940. The topological polar surface area (TPSA) is 207 Å². The summed E-state index contributed by atoms with van der Waals surface area (Å²) in [5.74, 6) is 1.32. The van der Waals surface area contributed by atoms with E-state index in [9.17, 15) is 27.0 Å². The quantitative estimate of drug-likeness (QED) is 0.0995. The molecular weight excluding hydrogens is 817 g/mol. The summed E-state index contributed by atoms with van der Waals surface area (Å²) in [7, 11) is 2.58. The summed E-state index contributed by atoms with van der Waals surface area (Å²) >= 11 is -0.931. The Kier molecular flexibility index (Phi) is 16.5. The zero-order valence-electron chi connectivity index (χ0n) is 28.5. The van der Waals surface area contributed by atoms with Gasteiger partial charge < -0.3 is 30.3 Å². The van der Waals surface area contributed by atoms with E-state index in [0.29, 0.717) is 61.7 Å². The molecule has 0 saturated heterocycles. The summed E-state index contributed by atoms with van der Waals surface area (Å²) in [4.78, 5) is 0.193. The van der Waals surface area contributed by atoms with Crippen LogP contribution in [-0.4, -0.2) is 53.2 Å². The van der Waals surface area contributed by atoms with Crippen molar-refractivity contribution in [2.24, 2.45) is 10.3 Å². The van der Waals surface area contributed by atoms with Crippen LogP contribution in [0.25, 0.3) is 10.6 Å². The van der Waals surface area contributed by atoms with Crippen LogP contribution in [0.2, 0.25) is 0 Å². The van der Waals surface area contributed by atoms with Crippen molar-refractivity contribution >= 4 is 39.4 Å². The first-order valence-electron chi connectivity index (χ1n) is 16.2. The molecule has 17 heteroatoms. The molecule has 4 aromatic carbocycles. The number of primary sulfonamides is 2. The van der Waals surface area contributed by atoms with E-state index in [1.54, 1.807) is 36.8 Å². The predicted molar refractivity (Wildman–Crippen MR) is 201 cm³/mol. The van der Waals surface area contributed by atoms with Crippen molar-refractivity contribution in [3.05, 3.63) is 154 Å². The third kappa shape index (κ3) is 13.0. The Hall–Kier alpha value is -3.18. The number of hydrogen-bond donors (Lipinski definition) is 4. The molecule has 0 amide bonds. The molecule has 0 bridgehead atoms. The van der Waals surface area contributed by atoms with Gasteiger partial charge >= 0.3 is 34.5 Å². The van der Waals surface area contributed by atoms with Gasteiger partial charge in [0.1, 0.15) is 23.7 Å². The SMILES string of the molecule is NS(=O)(=O)c1ccc(CC[N-]CC2=COc3ccccc3C2O)cc1.NS(=O)(=O)c1ccc(CC[N-]CC2=COc3ccccc3C2O)cc1.[Cl][Zn][Cl]. The molecule has 6 rings (SSSR count). The Morgan fingerprint density at radius 2 is 0.943 bits per heavy atom. The molecule has 53 heavy (non-hydrogen) atoms. The van der Waals surface area contributed by atoms with Crippen LogP contribution < -0.4 is 19.8 Å². The van der Waals surface area contributed by atoms with Crippen molar-refractivity contribution in [2.45, 2.75) is 34.8 Å². The Morgan fingerprint density at radius 3 is 1.28 bits per heavy atom. The van der Waals surface area contributed by atoms with Gasteiger partial charge in [-0.3, -0.25) is 0 Å². The number of aliphatic hydroxyl groups excluding tert-OH is 2. The van der Waals surface area contributed by atoms with E-state index in [2.05, 4.69) is 10.6 Å². The molecule has 4 aromatic rings. The van der Waals surface area contributed by atoms with Crippen molar-refractivity contribution in [2.75, 3.05) is 26.2 Å². The van der Waals surface area contributed by atoms with Crippen molar-refractivity contribution in [3.8, 4) is 11.5 Å².